The molecule has 23 heavy (non-hydrogen) atoms. The van der Waals surface area contributed by atoms with E-state index < -0.39 is 0 Å². The minimum Gasteiger partial charge on any atom is -0.486 e. The van der Waals surface area contributed by atoms with Crippen LogP contribution in [0.1, 0.15) is 23.8 Å². The third kappa shape index (κ3) is 3.71. The molecule has 0 saturated carbocycles. The summed E-state index contributed by atoms with van der Waals surface area (Å²) in [7, 11) is 0. The minimum atomic E-state index is -0.169. The van der Waals surface area contributed by atoms with E-state index in [1.165, 1.54) is 0 Å². The van der Waals surface area contributed by atoms with Crippen molar-refractivity contribution in [3.05, 3.63) is 42.2 Å². The number of anilines is 2. The average Bonchev–Trinajstić information content (AvgIpc) is 2.60. The van der Waals surface area contributed by atoms with E-state index in [-0.39, 0.29) is 5.91 Å². The molecule has 0 spiro atoms. The Morgan fingerprint density at radius 3 is 2.74 bits per heavy atom. The maximum Gasteiger partial charge on any atom is 0.269 e. The lowest BCUT2D eigenvalue weighted by Gasteiger charge is -2.19. The second kappa shape index (κ2) is 7.00. The standard InChI is InChI=1S/C17H19N3O3/c1-2-6-19-17(21)14-10-13(5-7-18-14)20-12-3-4-15-16(11-12)23-9-8-22-15/h3-5,7,10-11H,2,6,8-9H2,1H3,(H,18,20)(H,19,21). The Kier molecular flexibility index (Phi) is 4.61. The van der Waals surface area contributed by atoms with Gasteiger partial charge in [0.25, 0.3) is 5.91 Å². The number of hydrogen-bond acceptors (Lipinski definition) is 5. The van der Waals surface area contributed by atoms with Crippen molar-refractivity contribution in [2.75, 3.05) is 25.1 Å². The predicted molar refractivity (Wildman–Crippen MR) is 87.6 cm³/mol. The van der Waals surface area contributed by atoms with Gasteiger partial charge in [-0.2, -0.15) is 0 Å². The van der Waals surface area contributed by atoms with Crippen LogP contribution in [0.2, 0.25) is 0 Å². The van der Waals surface area contributed by atoms with Crippen molar-refractivity contribution >= 4 is 17.3 Å². The molecule has 0 radical (unpaired) electrons. The molecule has 6 nitrogen and oxygen atoms in total. The zero-order chi connectivity index (χ0) is 16.1. The van der Waals surface area contributed by atoms with E-state index >= 15 is 0 Å². The van der Waals surface area contributed by atoms with Gasteiger partial charge >= 0.3 is 0 Å². The number of nitrogens with one attached hydrogen (secondary N) is 2. The summed E-state index contributed by atoms with van der Waals surface area (Å²) in [5.74, 6) is 1.30. The monoisotopic (exact) mass is 313 g/mol. The number of benzene rings is 1. The molecule has 2 heterocycles. The van der Waals surface area contributed by atoms with Gasteiger partial charge in [-0.15, -0.1) is 0 Å². The Bertz CT molecular complexity index is 703. The molecule has 0 aliphatic carbocycles. The summed E-state index contributed by atoms with van der Waals surface area (Å²) in [6.07, 6.45) is 2.50. The Balaban J connectivity index is 1.74. The largest absolute Gasteiger partial charge is 0.486 e. The van der Waals surface area contributed by atoms with Crippen molar-refractivity contribution in [3.8, 4) is 11.5 Å². The first-order valence-corrected chi connectivity index (χ1v) is 7.67. The van der Waals surface area contributed by atoms with Crippen molar-refractivity contribution < 1.29 is 14.3 Å². The van der Waals surface area contributed by atoms with Crippen molar-refractivity contribution in [3.63, 3.8) is 0 Å². The van der Waals surface area contributed by atoms with E-state index in [9.17, 15) is 4.79 Å². The molecule has 0 bridgehead atoms. The molecule has 1 aliphatic heterocycles. The van der Waals surface area contributed by atoms with Crippen LogP contribution in [-0.2, 0) is 0 Å². The molecular formula is C17H19N3O3. The highest BCUT2D eigenvalue weighted by atomic mass is 16.6. The maximum absolute atomic E-state index is 12.0. The summed E-state index contributed by atoms with van der Waals surface area (Å²) in [5.41, 5.74) is 2.04. The Morgan fingerprint density at radius 1 is 1.13 bits per heavy atom. The molecule has 2 N–H and O–H groups in total. The van der Waals surface area contributed by atoms with Crippen LogP contribution in [0.15, 0.2) is 36.5 Å². The average molecular weight is 313 g/mol. The van der Waals surface area contributed by atoms with Crippen LogP contribution in [0.5, 0.6) is 11.5 Å². The van der Waals surface area contributed by atoms with Crippen LogP contribution in [0.3, 0.4) is 0 Å². The quantitative estimate of drug-likeness (QED) is 0.888. The van der Waals surface area contributed by atoms with Crippen molar-refractivity contribution in [1.29, 1.82) is 0 Å². The molecule has 2 aromatic rings. The number of nitrogens with zero attached hydrogens (tertiary/aromatic N) is 1. The SMILES string of the molecule is CCCNC(=O)c1cc(Nc2ccc3c(c2)OCCO3)ccn1. The van der Waals surface area contributed by atoms with Crippen LogP contribution >= 0.6 is 0 Å². The lowest BCUT2D eigenvalue weighted by molar-refractivity contribution is 0.0948. The Labute approximate surface area is 134 Å². The summed E-state index contributed by atoms with van der Waals surface area (Å²) < 4.78 is 11.1. The number of amides is 1. The van der Waals surface area contributed by atoms with Gasteiger partial charge in [-0.1, -0.05) is 6.92 Å². The first-order valence-electron chi connectivity index (χ1n) is 7.67. The highest BCUT2D eigenvalue weighted by Crippen LogP contribution is 2.33. The van der Waals surface area contributed by atoms with Gasteiger partial charge in [0.05, 0.1) is 0 Å². The summed E-state index contributed by atoms with van der Waals surface area (Å²) >= 11 is 0. The van der Waals surface area contributed by atoms with Crippen LogP contribution in [0.4, 0.5) is 11.4 Å². The second-order valence-corrected chi connectivity index (χ2v) is 5.17. The van der Waals surface area contributed by atoms with Crippen molar-refractivity contribution in [2.45, 2.75) is 13.3 Å². The lowest BCUT2D eigenvalue weighted by atomic mass is 10.2. The number of aromatic nitrogens is 1. The summed E-state index contributed by atoms with van der Waals surface area (Å²) in [6.45, 7) is 3.77. The van der Waals surface area contributed by atoms with E-state index in [0.717, 1.165) is 29.3 Å². The van der Waals surface area contributed by atoms with E-state index in [4.69, 9.17) is 9.47 Å². The molecule has 0 unspecified atom stereocenters. The van der Waals surface area contributed by atoms with Gasteiger partial charge in [0.1, 0.15) is 18.9 Å². The highest BCUT2D eigenvalue weighted by Gasteiger charge is 2.12. The number of hydrogen-bond donors (Lipinski definition) is 2. The summed E-state index contributed by atoms with van der Waals surface area (Å²) in [4.78, 5) is 16.1. The fourth-order valence-corrected chi connectivity index (χ4v) is 2.25. The first kappa shape index (κ1) is 15.1. The van der Waals surface area contributed by atoms with Gasteiger partial charge < -0.3 is 20.1 Å². The fourth-order valence-electron chi connectivity index (χ4n) is 2.25. The van der Waals surface area contributed by atoms with E-state index in [2.05, 4.69) is 15.6 Å². The van der Waals surface area contributed by atoms with Crippen LogP contribution in [0, 0.1) is 0 Å². The second-order valence-electron chi connectivity index (χ2n) is 5.17. The van der Waals surface area contributed by atoms with E-state index in [1.807, 2.05) is 31.2 Å². The van der Waals surface area contributed by atoms with Crippen molar-refractivity contribution in [1.82, 2.24) is 10.3 Å². The zero-order valence-electron chi connectivity index (χ0n) is 13.0. The number of carbonyl (C=O) groups excluding carboxylic acids is 1. The van der Waals surface area contributed by atoms with E-state index in [1.54, 1.807) is 12.3 Å². The molecule has 1 aromatic heterocycles. The molecule has 0 atom stereocenters. The van der Waals surface area contributed by atoms with Crippen LogP contribution < -0.4 is 20.1 Å². The lowest BCUT2D eigenvalue weighted by Crippen LogP contribution is -2.24. The minimum absolute atomic E-state index is 0.169. The molecule has 0 saturated heterocycles. The first-order chi connectivity index (χ1) is 11.3. The number of carbonyl (C=O) groups is 1. The van der Waals surface area contributed by atoms with Gasteiger partial charge in [0.15, 0.2) is 11.5 Å². The Morgan fingerprint density at radius 2 is 1.91 bits per heavy atom. The summed E-state index contributed by atoms with van der Waals surface area (Å²) in [5, 5.41) is 6.06. The Hall–Kier alpha value is -2.76. The number of rotatable bonds is 5. The normalized spacial score (nSPS) is 12.6. The van der Waals surface area contributed by atoms with Gasteiger partial charge in [-0.05, 0) is 30.7 Å². The van der Waals surface area contributed by atoms with Gasteiger partial charge in [-0.3, -0.25) is 9.78 Å². The van der Waals surface area contributed by atoms with Gasteiger partial charge in [0.2, 0.25) is 0 Å². The molecule has 0 fully saturated rings. The van der Waals surface area contributed by atoms with Crippen molar-refractivity contribution in [2.24, 2.45) is 0 Å². The third-order valence-electron chi connectivity index (χ3n) is 3.36. The summed E-state index contributed by atoms with van der Waals surface area (Å²) in [6, 6.07) is 9.19. The topological polar surface area (TPSA) is 72.5 Å². The number of fused-ring (bicyclic) bond motifs is 1. The van der Waals surface area contributed by atoms with Gasteiger partial charge in [0, 0.05) is 30.2 Å². The molecule has 1 aliphatic rings. The number of pyridine rings is 1. The van der Waals surface area contributed by atoms with Crippen LogP contribution in [-0.4, -0.2) is 30.6 Å². The highest BCUT2D eigenvalue weighted by molar-refractivity contribution is 5.93. The van der Waals surface area contributed by atoms with Crippen LogP contribution in [0.25, 0.3) is 0 Å². The predicted octanol–water partition coefficient (Wildman–Crippen LogP) is 2.74. The maximum atomic E-state index is 12.0. The molecular weight excluding hydrogens is 294 g/mol. The smallest absolute Gasteiger partial charge is 0.269 e. The molecule has 1 aromatic carbocycles. The molecule has 3 rings (SSSR count). The molecule has 120 valence electrons. The fraction of sp³-hybridized carbons (Fsp3) is 0.294. The zero-order valence-corrected chi connectivity index (χ0v) is 13.0. The molecule has 6 heteroatoms. The van der Waals surface area contributed by atoms with Gasteiger partial charge in [-0.25, -0.2) is 0 Å². The number of ether oxygens (including phenoxy) is 2. The van der Waals surface area contributed by atoms with E-state index in [0.29, 0.717) is 25.5 Å². The third-order valence-corrected chi connectivity index (χ3v) is 3.36. The molecule has 1 amide bonds.